The summed E-state index contributed by atoms with van der Waals surface area (Å²) in [5.41, 5.74) is 0.618. The Balaban J connectivity index is 1.59. The number of nitrogens with one attached hydrogen (secondary N) is 2. The molecule has 0 saturated carbocycles. The lowest BCUT2D eigenvalue weighted by Gasteiger charge is -2.11. The highest BCUT2D eigenvalue weighted by atomic mass is 32.2. The van der Waals surface area contributed by atoms with E-state index >= 15 is 0 Å². The maximum absolute atomic E-state index is 13.6. The van der Waals surface area contributed by atoms with E-state index in [9.17, 15) is 17.6 Å². The van der Waals surface area contributed by atoms with Gasteiger partial charge in [-0.25, -0.2) is 17.5 Å². The van der Waals surface area contributed by atoms with E-state index in [-0.39, 0.29) is 29.0 Å². The molecule has 0 bridgehead atoms. The maximum Gasteiger partial charge on any atom is 0.251 e. The summed E-state index contributed by atoms with van der Waals surface area (Å²) in [4.78, 5) is 12.1. The van der Waals surface area contributed by atoms with Gasteiger partial charge in [0.05, 0.1) is 11.0 Å². The van der Waals surface area contributed by atoms with Gasteiger partial charge in [0, 0.05) is 30.8 Å². The van der Waals surface area contributed by atoms with E-state index in [0.29, 0.717) is 18.7 Å². The van der Waals surface area contributed by atoms with Crippen molar-refractivity contribution in [3.8, 4) is 0 Å². The van der Waals surface area contributed by atoms with E-state index in [1.54, 1.807) is 6.07 Å². The molecule has 27 heavy (non-hydrogen) atoms. The zero-order valence-corrected chi connectivity index (χ0v) is 15.5. The molecular weight excluding hydrogens is 371 g/mol. The number of carbonyl (C=O) groups is 1. The summed E-state index contributed by atoms with van der Waals surface area (Å²) in [6, 6.07) is 11.6. The van der Waals surface area contributed by atoms with Crippen molar-refractivity contribution in [1.29, 1.82) is 0 Å². The van der Waals surface area contributed by atoms with Crippen LogP contribution in [0.5, 0.6) is 0 Å². The lowest BCUT2D eigenvalue weighted by molar-refractivity contribution is 0.0857. The molecule has 2 aromatic rings. The molecule has 1 atom stereocenters. The van der Waals surface area contributed by atoms with Crippen molar-refractivity contribution in [2.45, 2.75) is 30.4 Å². The van der Waals surface area contributed by atoms with Crippen molar-refractivity contribution in [2.24, 2.45) is 0 Å². The summed E-state index contributed by atoms with van der Waals surface area (Å²) in [6.45, 7) is 0.995. The average molecular weight is 392 g/mol. The third kappa shape index (κ3) is 5.12. The quantitative estimate of drug-likeness (QED) is 0.757. The van der Waals surface area contributed by atoms with Crippen molar-refractivity contribution >= 4 is 15.9 Å². The minimum absolute atomic E-state index is 0.00881. The summed E-state index contributed by atoms with van der Waals surface area (Å²) in [6.07, 6.45) is 1.95. The standard InChI is InChI=1S/C19H21FN2O4S/c20-18-6-2-1-4-15(18)12-22-27(24,25)17-9-7-14(8-10-17)19(23)21-13-16-5-3-11-26-16/h1-2,4,6-10,16,22H,3,5,11-13H2,(H,21,23). The van der Waals surface area contributed by atoms with Crippen LogP contribution < -0.4 is 10.0 Å². The van der Waals surface area contributed by atoms with Gasteiger partial charge in [-0.1, -0.05) is 18.2 Å². The van der Waals surface area contributed by atoms with Gasteiger partial charge in [-0.05, 0) is 43.2 Å². The van der Waals surface area contributed by atoms with Crippen LogP contribution in [0.25, 0.3) is 0 Å². The van der Waals surface area contributed by atoms with Crippen molar-refractivity contribution in [1.82, 2.24) is 10.0 Å². The first kappa shape index (κ1) is 19.5. The van der Waals surface area contributed by atoms with Crippen LogP contribution in [0.1, 0.15) is 28.8 Å². The Morgan fingerprint density at radius 3 is 2.56 bits per heavy atom. The molecule has 1 heterocycles. The van der Waals surface area contributed by atoms with Crippen LogP contribution in [0.3, 0.4) is 0 Å². The third-order valence-corrected chi connectivity index (χ3v) is 5.77. The van der Waals surface area contributed by atoms with E-state index in [4.69, 9.17) is 4.74 Å². The van der Waals surface area contributed by atoms with Crippen molar-refractivity contribution in [3.63, 3.8) is 0 Å². The summed E-state index contributed by atoms with van der Waals surface area (Å²) in [5.74, 6) is -0.757. The number of hydrogen-bond acceptors (Lipinski definition) is 4. The van der Waals surface area contributed by atoms with E-state index in [2.05, 4.69) is 10.0 Å². The Hall–Kier alpha value is -2.29. The fourth-order valence-corrected chi connectivity index (χ4v) is 3.80. The van der Waals surface area contributed by atoms with E-state index in [1.165, 1.54) is 42.5 Å². The first-order chi connectivity index (χ1) is 13.0. The molecule has 1 amide bonds. The summed E-state index contributed by atoms with van der Waals surface area (Å²) >= 11 is 0. The molecule has 1 saturated heterocycles. The van der Waals surface area contributed by atoms with Crippen molar-refractivity contribution < 1.29 is 22.3 Å². The molecule has 0 radical (unpaired) electrons. The molecule has 1 aliphatic rings. The maximum atomic E-state index is 13.6. The summed E-state index contributed by atoms with van der Waals surface area (Å²) in [7, 11) is -3.81. The van der Waals surface area contributed by atoms with Crippen molar-refractivity contribution in [3.05, 3.63) is 65.5 Å². The van der Waals surface area contributed by atoms with Crippen LogP contribution in [0.15, 0.2) is 53.4 Å². The second-order valence-corrected chi connectivity index (χ2v) is 8.05. The molecule has 2 aromatic carbocycles. The van der Waals surface area contributed by atoms with E-state index in [1.807, 2.05) is 0 Å². The number of amides is 1. The second-order valence-electron chi connectivity index (χ2n) is 6.29. The molecule has 0 aliphatic carbocycles. The summed E-state index contributed by atoms with van der Waals surface area (Å²) < 4.78 is 46.1. The van der Waals surface area contributed by atoms with Gasteiger partial charge in [0.25, 0.3) is 5.91 Å². The first-order valence-electron chi connectivity index (χ1n) is 8.68. The molecular formula is C19H21FN2O4S. The fraction of sp³-hybridized carbons (Fsp3) is 0.316. The van der Waals surface area contributed by atoms with Gasteiger partial charge >= 0.3 is 0 Å². The predicted molar refractivity (Wildman–Crippen MR) is 98.2 cm³/mol. The Kier molecular flexibility index (Phi) is 6.20. The van der Waals surface area contributed by atoms with Gasteiger partial charge in [0.15, 0.2) is 0 Å². The third-order valence-electron chi connectivity index (χ3n) is 4.35. The van der Waals surface area contributed by atoms with Gasteiger partial charge in [0.2, 0.25) is 10.0 Å². The number of halogens is 1. The smallest absolute Gasteiger partial charge is 0.251 e. The van der Waals surface area contributed by atoms with Crippen LogP contribution in [-0.4, -0.2) is 33.6 Å². The fourth-order valence-electron chi connectivity index (χ4n) is 2.80. The Morgan fingerprint density at radius 1 is 1.15 bits per heavy atom. The predicted octanol–water partition coefficient (Wildman–Crippen LogP) is 2.21. The number of hydrogen-bond donors (Lipinski definition) is 2. The monoisotopic (exact) mass is 392 g/mol. The van der Waals surface area contributed by atoms with Gasteiger partial charge in [0.1, 0.15) is 5.82 Å². The van der Waals surface area contributed by atoms with Crippen LogP contribution >= 0.6 is 0 Å². The highest BCUT2D eigenvalue weighted by Crippen LogP contribution is 2.14. The van der Waals surface area contributed by atoms with Gasteiger partial charge in [-0.15, -0.1) is 0 Å². The number of carbonyl (C=O) groups excluding carboxylic acids is 1. The molecule has 3 rings (SSSR count). The number of sulfonamides is 1. The normalized spacial score (nSPS) is 17.0. The highest BCUT2D eigenvalue weighted by molar-refractivity contribution is 7.89. The Labute approximate surface area is 157 Å². The Morgan fingerprint density at radius 2 is 1.89 bits per heavy atom. The number of rotatable bonds is 7. The lowest BCUT2D eigenvalue weighted by atomic mass is 10.2. The first-order valence-corrected chi connectivity index (χ1v) is 10.2. The second kappa shape index (κ2) is 8.60. The van der Waals surface area contributed by atoms with Gasteiger partial charge in [-0.3, -0.25) is 4.79 Å². The molecule has 1 aliphatic heterocycles. The molecule has 0 spiro atoms. The van der Waals surface area contributed by atoms with Crippen LogP contribution in [0.2, 0.25) is 0 Å². The van der Waals surface area contributed by atoms with E-state index in [0.717, 1.165) is 12.8 Å². The van der Waals surface area contributed by atoms with Crippen LogP contribution in [-0.2, 0) is 21.3 Å². The van der Waals surface area contributed by atoms with Gasteiger partial charge in [-0.2, -0.15) is 0 Å². The molecule has 6 nitrogen and oxygen atoms in total. The molecule has 144 valence electrons. The minimum Gasteiger partial charge on any atom is -0.376 e. The topological polar surface area (TPSA) is 84.5 Å². The SMILES string of the molecule is O=C(NCC1CCCO1)c1ccc(S(=O)(=O)NCc2ccccc2F)cc1. The van der Waals surface area contributed by atoms with E-state index < -0.39 is 15.8 Å². The van der Waals surface area contributed by atoms with Crippen molar-refractivity contribution in [2.75, 3.05) is 13.2 Å². The zero-order valence-electron chi connectivity index (χ0n) is 14.7. The zero-order chi connectivity index (χ0) is 19.3. The molecule has 0 aromatic heterocycles. The number of ether oxygens (including phenoxy) is 1. The van der Waals surface area contributed by atoms with Crippen LogP contribution in [0, 0.1) is 5.82 Å². The molecule has 2 N–H and O–H groups in total. The highest BCUT2D eigenvalue weighted by Gasteiger charge is 2.18. The van der Waals surface area contributed by atoms with Gasteiger partial charge < -0.3 is 10.1 Å². The molecule has 8 heteroatoms. The summed E-state index contributed by atoms with van der Waals surface area (Å²) in [5, 5.41) is 2.78. The average Bonchev–Trinajstić information content (AvgIpc) is 3.19. The minimum atomic E-state index is -3.81. The number of benzene rings is 2. The largest absolute Gasteiger partial charge is 0.376 e. The lowest BCUT2D eigenvalue weighted by Crippen LogP contribution is -2.31. The molecule has 1 unspecified atom stereocenters. The Bertz CT molecular complexity index is 894. The van der Waals surface area contributed by atoms with Crippen LogP contribution in [0.4, 0.5) is 4.39 Å². The molecule has 1 fully saturated rings.